The number of rotatable bonds is 9. The first kappa shape index (κ1) is 15.9. The van der Waals surface area contributed by atoms with Crippen LogP contribution in [0.5, 0.6) is 0 Å². The van der Waals surface area contributed by atoms with E-state index >= 15 is 0 Å². The number of ether oxygens (including phenoxy) is 1. The van der Waals surface area contributed by atoms with Crippen LogP contribution in [0.2, 0.25) is 0 Å². The Morgan fingerprint density at radius 3 is 2.50 bits per heavy atom. The molecule has 1 saturated carbocycles. The lowest BCUT2D eigenvalue weighted by molar-refractivity contribution is 0.0887. The molecule has 0 amide bonds. The molecule has 1 fully saturated rings. The lowest BCUT2D eigenvalue weighted by Crippen LogP contribution is -2.43. The summed E-state index contributed by atoms with van der Waals surface area (Å²) in [7, 11) is 0. The van der Waals surface area contributed by atoms with Gasteiger partial charge in [0.25, 0.3) is 0 Å². The third-order valence-corrected chi connectivity index (χ3v) is 4.25. The highest BCUT2D eigenvalue weighted by Crippen LogP contribution is 2.28. The van der Waals surface area contributed by atoms with Gasteiger partial charge in [-0.1, -0.05) is 39.0 Å². The molecule has 0 aromatic rings. The third-order valence-electron chi connectivity index (χ3n) is 4.25. The first-order chi connectivity index (χ1) is 8.81. The molecule has 0 aliphatic heterocycles. The smallest absolute Gasteiger partial charge is 0.0593 e. The maximum Gasteiger partial charge on any atom is 0.0593 e. The van der Waals surface area contributed by atoms with E-state index in [-0.39, 0.29) is 0 Å². The van der Waals surface area contributed by atoms with Crippen LogP contribution < -0.4 is 5.73 Å². The standard InChI is InChI=1S/C15H32N2O/c1-3-17(10-11-18-4-2)15(13-16)12-14-8-6-5-7-9-14/h14-15H,3-13,16H2,1-2H3. The number of hydrogen-bond acceptors (Lipinski definition) is 3. The van der Waals surface area contributed by atoms with Gasteiger partial charge in [0.05, 0.1) is 6.61 Å². The van der Waals surface area contributed by atoms with Crippen molar-refractivity contribution in [3.63, 3.8) is 0 Å². The fourth-order valence-electron chi connectivity index (χ4n) is 3.13. The van der Waals surface area contributed by atoms with Crippen LogP contribution in [0.4, 0.5) is 0 Å². The molecule has 1 aliphatic carbocycles. The first-order valence-corrected chi connectivity index (χ1v) is 7.83. The average molecular weight is 256 g/mol. The quantitative estimate of drug-likeness (QED) is 0.645. The maximum absolute atomic E-state index is 5.99. The molecule has 2 N–H and O–H groups in total. The van der Waals surface area contributed by atoms with Crippen LogP contribution in [0.25, 0.3) is 0 Å². The minimum absolute atomic E-state index is 0.554. The maximum atomic E-state index is 5.99. The predicted molar refractivity (Wildman–Crippen MR) is 77.8 cm³/mol. The second-order valence-corrected chi connectivity index (χ2v) is 5.45. The van der Waals surface area contributed by atoms with E-state index in [4.69, 9.17) is 10.5 Å². The lowest BCUT2D eigenvalue weighted by Gasteiger charge is -2.33. The topological polar surface area (TPSA) is 38.5 Å². The molecular formula is C15H32N2O. The Kier molecular flexibility index (Phi) is 8.64. The van der Waals surface area contributed by atoms with E-state index in [2.05, 4.69) is 18.7 Å². The second kappa shape index (κ2) is 9.76. The van der Waals surface area contributed by atoms with E-state index in [1.807, 2.05) is 0 Å². The first-order valence-electron chi connectivity index (χ1n) is 7.83. The Bertz CT molecular complexity index is 193. The summed E-state index contributed by atoms with van der Waals surface area (Å²) in [5.74, 6) is 0.911. The van der Waals surface area contributed by atoms with Gasteiger partial charge in [-0.25, -0.2) is 0 Å². The molecule has 18 heavy (non-hydrogen) atoms. The van der Waals surface area contributed by atoms with Gasteiger partial charge in [-0.05, 0) is 25.8 Å². The minimum Gasteiger partial charge on any atom is -0.380 e. The van der Waals surface area contributed by atoms with Crippen molar-refractivity contribution in [2.45, 2.75) is 58.4 Å². The van der Waals surface area contributed by atoms with Crippen molar-refractivity contribution < 1.29 is 4.74 Å². The molecule has 3 nitrogen and oxygen atoms in total. The van der Waals surface area contributed by atoms with E-state index in [1.165, 1.54) is 38.5 Å². The van der Waals surface area contributed by atoms with E-state index in [9.17, 15) is 0 Å². The van der Waals surface area contributed by atoms with Crippen molar-refractivity contribution >= 4 is 0 Å². The molecule has 0 saturated heterocycles. The summed E-state index contributed by atoms with van der Waals surface area (Å²) in [5, 5.41) is 0. The summed E-state index contributed by atoms with van der Waals surface area (Å²) in [5.41, 5.74) is 5.99. The molecule has 1 rings (SSSR count). The van der Waals surface area contributed by atoms with Crippen molar-refractivity contribution in [1.82, 2.24) is 4.90 Å². The summed E-state index contributed by atoms with van der Waals surface area (Å²) < 4.78 is 5.47. The highest BCUT2D eigenvalue weighted by atomic mass is 16.5. The van der Waals surface area contributed by atoms with Crippen LogP contribution in [0.15, 0.2) is 0 Å². The normalized spacial score (nSPS) is 19.3. The van der Waals surface area contributed by atoms with Gasteiger partial charge in [0.15, 0.2) is 0 Å². The predicted octanol–water partition coefficient (Wildman–Crippen LogP) is 2.64. The average Bonchev–Trinajstić information content (AvgIpc) is 2.43. The van der Waals surface area contributed by atoms with E-state index in [0.717, 1.165) is 38.8 Å². The molecule has 108 valence electrons. The fraction of sp³-hybridized carbons (Fsp3) is 1.00. The van der Waals surface area contributed by atoms with E-state index in [0.29, 0.717) is 6.04 Å². The van der Waals surface area contributed by atoms with Gasteiger partial charge in [-0.3, -0.25) is 4.90 Å². The second-order valence-electron chi connectivity index (χ2n) is 5.45. The molecule has 0 aromatic heterocycles. The van der Waals surface area contributed by atoms with Gasteiger partial charge >= 0.3 is 0 Å². The highest BCUT2D eigenvalue weighted by Gasteiger charge is 2.21. The van der Waals surface area contributed by atoms with Crippen molar-refractivity contribution in [2.75, 3.05) is 32.8 Å². The molecule has 0 radical (unpaired) electrons. The lowest BCUT2D eigenvalue weighted by atomic mass is 9.84. The highest BCUT2D eigenvalue weighted by molar-refractivity contribution is 4.77. The summed E-state index contributed by atoms with van der Waals surface area (Å²) >= 11 is 0. The zero-order valence-corrected chi connectivity index (χ0v) is 12.4. The van der Waals surface area contributed by atoms with Crippen LogP contribution in [0, 0.1) is 5.92 Å². The SMILES string of the molecule is CCOCCN(CC)C(CN)CC1CCCCC1. The fourth-order valence-corrected chi connectivity index (χ4v) is 3.13. The van der Waals surface area contributed by atoms with E-state index in [1.54, 1.807) is 0 Å². The third kappa shape index (κ3) is 5.68. The van der Waals surface area contributed by atoms with Crippen molar-refractivity contribution in [3.05, 3.63) is 0 Å². The Morgan fingerprint density at radius 2 is 1.94 bits per heavy atom. The number of nitrogens with zero attached hydrogens (tertiary/aromatic N) is 1. The van der Waals surface area contributed by atoms with E-state index < -0.39 is 0 Å². The summed E-state index contributed by atoms with van der Waals surface area (Å²) in [6.07, 6.45) is 8.40. The summed E-state index contributed by atoms with van der Waals surface area (Å²) in [6.45, 7) is 8.84. The van der Waals surface area contributed by atoms with Gasteiger partial charge in [-0.2, -0.15) is 0 Å². The number of likely N-dealkylation sites (N-methyl/N-ethyl adjacent to an activating group) is 1. The molecule has 1 aliphatic rings. The van der Waals surface area contributed by atoms with Gasteiger partial charge in [0, 0.05) is 25.7 Å². The van der Waals surface area contributed by atoms with Crippen LogP contribution in [-0.2, 0) is 4.74 Å². The van der Waals surface area contributed by atoms with Crippen molar-refractivity contribution in [1.29, 1.82) is 0 Å². The molecule has 0 spiro atoms. The minimum atomic E-state index is 0.554. The van der Waals surface area contributed by atoms with Crippen molar-refractivity contribution in [2.24, 2.45) is 11.7 Å². The molecule has 0 aromatic carbocycles. The Labute approximate surface area is 113 Å². The molecule has 1 unspecified atom stereocenters. The number of hydrogen-bond donors (Lipinski definition) is 1. The largest absolute Gasteiger partial charge is 0.380 e. The molecule has 3 heteroatoms. The Balaban J connectivity index is 2.35. The van der Waals surface area contributed by atoms with Gasteiger partial charge in [0.2, 0.25) is 0 Å². The Morgan fingerprint density at radius 1 is 1.22 bits per heavy atom. The van der Waals surface area contributed by atoms with Gasteiger partial charge in [0.1, 0.15) is 0 Å². The van der Waals surface area contributed by atoms with Gasteiger partial charge < -0.3 is 10.5 Å². The van der Waals surface area contributed by atoms with Crippen molar-refractivity contribution in [3.8, 4) is 0 Å². The molecule has 0 heterocycles. The van der Waals surface area contributed by atoms with Crippen LogP contribution in [0.3, 0.4) is 0 Å². The summed E-state index contributed by atoms with van der Waals surface area (Å²) in [6, 6.07) is 0.554. The van der Waals surface area contributed by atoms with Crippen LogP contribution in [-0.4, -0.2) is 43.8 Å². The molecule has 1 atom stereocenters. The van der Waals surface area contributed by atoms with Crippen LogP contribution >= 0.6 is 0 Å². The monoisotopic (exact) mass is 256 g/mol. The van der Waals surface area contributed by atoms with Crippen LogP contribution in [0.1, 0.15) is 52.4 Å². The zero-order chi connectivity index (χ0) is 13.2. The molecular weight excluding hydrogens is 224 g/mol. The summed E-state index contributed by atoms with van der Waals surface area (Å²) in [4.78, 5) is 2.50. The van der Waals surface area contributed by atoms with Gasteiger partial charge in [-0.15, -0.1) is 0 Å². The number of nitrogens with two attached hydrogens (primary N) is 1. The Hall–Kier alpha value is -0.120. The zero-order valence-electron chi connectivity index (χ0n) is 12.4. The molecule has 0 bridgehead atoms.